The third-order valence-corrected chi connectivity index (χ3v) is 5.92. The first kappa shape index (κ1) is 24.6. The van der Waals surface area contributed by atoms with E-state index in [1.165, 1.54) is 34.4 Å². The van der Waals surface area contributed by atoms with Crippen molar-refractivity contribution in [2.75, 3.05) is 24.7 Å². The first-order valence-electron chi connectivity index (χ1n) is 11.0. The van der Waals surface area contributed by atoms with Gasteiger partial charge in [0.2, 0.25) is 0 Å². The van der Waals surface area contributed by atoms with Crippen molar-refractivity contribution in [1.29, 1.82) is 0 Å². The molecule has 0 bridgehead atoms. The Balaban J connectivity index is 2.18. The number of aryl methyl sites for hydroxylation is 1. The lowest BCUT2D eigenvalue weighted by Crippen LogP contribution is -2.38. The summed E-state index contributed by atoms with van der Waals surface area (Å²) < 4.78 is 2.42. The number of nitrogens with zero attached hydrogens (tertiary/aromatic N) is 3. The normalized spacial score (nSPS) is 11.7. The second-order valence-electron chi connectivity index (χ2n) is 8.40. The second-order valence-corrected chi connectivity index (χ2v) is 8.40. The van der Waals surface area contributed by atoms with Gasteiger partial charge in [0.25, 0.3) is 17.0 Å². The standard InChI is InChI=1S/C25H31N5O4/c1-7-18(16-11-9-8-10-12-16)26-20-21(25(34)30(6)29(5)24(20)33)27-19-15(2)13-14-17(22(19)31)23(32)28(3)4/h8-14,18,26-27,31H,7H2,1-6H3. The van der Waals surface area contributed by atoms with Gasteiger partial charge in [-0.3, -0.25) is 14.4 Å². The van der Waals surface area contributed by atoms with Gasteiger partial charge >= 0.3 is 0 Å². The third-order valence-electron chi connectivity index (χ3n) is 5.92. The maximum absolute atomic E-state index is 13.3. The van der Waals surface area contributed by atoms with Crippen molar-refractivity contribution < 1.29 is 9.90 Å². The Morgan fingerprint density at radius 3 is 2.12 bits per heavy atom. The molecule has 2 aromatic carbocycles. The van der Waals surface area contributed by atoms with Crippen molar-refractivity contribution in [2.24, 2.45) is 14.1 Å². The van der Waals surface area contributed by atoms with Gasteiger partial charge in [-0.15, -0.1) is 0 Å². The molecule has 180 valence electrons. The minimum absolute atomic E-state index is 0.00664. The van der Waals surface area contributed by atoms with E-state index < -0.39 is 11.1 Å². The fourth-order valence-electron chi connectivity index (χ4n) is 3.73. The zero-order chi connectivity index (χ0) is 25.2. The minimum atomic E-state index is -0.462. The molecule has 0 aliphatic rings. The molecule has 9 heteroatoms. The van der Waals surface area contributed by atoms with Crippen molar-refractivity contribution in [3.05, 3.63) is 79.9 Å². The molecule has 1 unspecified atom stereocenters. The molecule has 9 nitrogen and oxygen atoms in total. The molecule has 1 amide bonds. The van der Waals surface area contributed by atoms with Gasteiger partial charge in [-0.25, -0.2) is 9.36 Å². The molecule has 3 N–H and O–H groups in total. The zero-order valence-corrected chi connectivity index (χ0v) is 20.3. The van der Waals surface area contributed by atoms with E-state index >= 15 is 0 Å². The number of aromatic nitrogens is 2. The smallest absolute Gasteiger partial charge is 0.290 e. The number of hydrogen-bond acceptors (Lipinski definition) is 6. The summed E-state index contributed by atoms with van der Waals surface area (Å²) in [4.78, 5) is 40.4. The van der Waals surface area contributed by atoms with E-state index in [0.29, 0.717) is 12.0 Å². The van der Waals surface area contributed by atoms with Gasteiger partial charge in [0, 0.05) is 28.2 Å². The van der Waals surface area contributed by atoms with Gasteiger partial charge in [0.15, 0.2) is 5.75 Å². The van der Waals surface area contributed by atoms with E-state index in [0.717, 1.165) is 5.56 Å². The molecule has 3 rings (SSSR count). The van der Waals surface area contributed by atoms with Gasteiger partial charge in [0.05, 0.1) is 17.3 Å². The van der Waals surface area contributed by atoms with Crippen LogP contribution >= 0.6 is 0 Å². The predicted molar refractivity (Wildman–Crippen MR) is 134 cm³/mol. The van der Waals surface area contributed by atoms with Crippen LogP contribution in [0.5, 0.6) is 5.75 Å². The Morgan fingerprint density at radius 1 is 0.971 bits per heavy atom. The molecule has 0 saturated carbocycles. The summed E-state index contributed by atoms with van der Waals surface area (Å²) in [5.41, 5.74) is 1.07. The predicted octanol–water partition coefficient (Wildman–Crippen LogP) is 3.11. The summed E-state index contributed by atoms with van der Waals surface area (Å²) >= 11 is 0. The number of rotatable bonds is 7. The molecule has 1 aromatic heterocycles. The van der Waals surface area contributed by atoms with Crippen LogP contribution in [0.4, 0.5) is 17.1 Å². The molecular formula is C25H31N5O4. The Bertz CT molecular complexity index is 1330. The van der Waals surface area contributed by atoms with Crippen LogP contribution in [0, 0.1) is 6.92 Å². The number of phenolic OH excluding ortho intramolecular Hbond substituents is 1. The SMILES string of the molecule is CCC(Nc1c(Nc2c(C)ccc(C(=O)N(C)C)c2O)c(=O)n(C)n(C)c1=O)c1ccccc1. The Morgan fingerprint density at radius 2 is 1.56 bits per heavy atom. The van der Waals surface area contributed by atoms with Gasteiger partial charge in [0.1, 0.15) is 11.4 Å². The third kappa shape index (κ3) is 4.54. The minimum Gasteiger partial charge on any atom is -0.505 e. The fourth-order valence-corrected chi connectivity index (χ4v) is 3.73. The quantitative estimate of drug-likeness (QED) is 0.463. The van der Waals surface area contributed by atoms with Crippen LogP contribution in [-0.4, -0.2) is 39.4 Å². The number of benzene rings is 2. The monoisotopic (exact) mass is 465 g/mol. The summed E-state index contributed by atoms with van der Waals surface area (Å²) in [6.07, 6.45) is 0.666. The average Bonchev–Trinajstić information content (AvgIpc) is 2.83. The lowest BCUT2D eigenvalue weighted by molar-refractivity contribution is 0.0824. The van der Waals surface area contributed by atoms with Crippen LogP contribution in [0.2, 0.25) is 0 Å². The number of phenols is 1. The molecule has 1 atom stereocenters. The zero-order valence-electron chi connectivity index (χ0n) is 20.3. The molecule has 1 heterocycles. The highest BCUT2D eigenvalue weighted by Crippen LogP contribution is 2.35. The van der Waals surface area contributed by atoms with Crippen LogP contribution in [-0.2, 0) is 14.1 Å². The lowest BCUT2D eigenvalue weighted by Gasteiger charge is -2.23. The number of carbonyl (C=O) groups excluding carboxylic acids is 1. The van der Waals surface area contributed by atoms with Crippen LogP contribution < -0.4 is 21.8 Å². The summed E-state index contributed by atoms with van der Waals surface area (Å²) in [6.45, 7) is 3.72. The van der Waals surface area contributed by atoms with Crippen molar-refractivity contribution in [1.82, 2.24) is 14.3 Å². The summed E-state index contributed by atoms with van der Waals surface area (Å²) in [5.74, 6) is -0.673. The number of aromatic hydroxyl groups is 1. The van der Waals surface area contributed by atoms with Crippen molar-refractivity contribution >= 4 is 23.0 Å². The molecule has 0 spiro atoms. The molecule has 34 heavy (non-hydrogen) atoms. The number of nitrogens with one attached hydrogen (secondary N) is 2. The lowest BCUT2D eigenvalue weighted by atomic mass is 10.0. The van der Waals surface area contributed by atoms with E-state index in [1.54, 1.807) is 27.1 Å². The molecule has 0 fully saturated rings. The first-order chi connectivity index (χ1) is 16.1. The molecule has 0 radical (unpaired) electrons. The summed E-state index contributed by atoms with van der Waals surface area (Å²) in [6, 6.07) is 12.6. The van der Waals surface area contributed by atoms with E-state index in [1.807, 2.05) is 37.3 Å². The van der Waals surface area contributed by atoms with Gasteiger partial charge in [-0.1, -0.05) is 43.3 Å². The first-order valence-corrected chi connectivity index (χ1v) is 11.0. The maximum Gasteiger partial charge on any atom is 0.290 e. The average molecular weight is 466 g/mol. The van der Waals surface area contributed by atoms with E-state index in [9.17, 15) is 19.5 Å². The molecule has 3 aromatic rings. The fraction of sp³-hybridized carbons (Fsp3) is 0.320. The van der Waals surface area contributed by atoms with E-state index in [2.05, 4.69) is 10.6 Å². The molecule has 0 saturated heterocycles. The highest BCUT2D eigenvalue weighted by Gasteiger charge is 2.23. The highest BCUT2D eigenvalue weighted by atomic mass is 16.3. The van der Waals surface area contributed by atoms with Gasteiger partial charge in [-0.05, 0) is 30.5 Å². The van der Waals surface area contributed by atoms with Crippen molar-refractivity contribution in [3.8, 4) is 5.75 Å². The number of anilines is 3. The topological polar surface area (TPSA) is 109 Å². The molecule has 0 aliphatic heterocycles. The van der Waals surface area contributed by atoms with Crippen molar-refractivity contribution in [3.63, 3.8) is 0 Å². The van der Waals surface area contributed by atoms with Crippen LogP contribution in [0.3, 0.4) is 0 Å². The number of hydrogen-bond donors (Lipinski definition) is 3. The van der Waals surface area contributed by atoms with Crippen LogP contribution in [0.15, 0.2) is 52.1 Å². The van der Waals surface area contributed by atoms with E-state index in [-0.39, 0.29) is 40.3 Å². The van der Waals surface area contributed by atoms with Crippen LogP contribution in [0.1, 0.15) is 40.9 Å². The Hall–Kier alpha value is -4.01. The Labute approximate surface area is 198 Å². The largest absolute Gasteiger partial charge is 0.505 e. The highest BCUT2D eigenvalue weighted by molar-refractivity contribution is 5.99. The molecule has 0 aliphatic carbocycles. The molecular weight excluding hydrogens is 434 g/mol. The number of amides is 1. The van der Waals surface area contributed by atoms with E-state index in [4.69, 9.17) is 0 Å². The van der Waals surface area contributed by atoms with Crippen molar-refractivity contribution in [2.45, 2.75) is 26.3 Å². The summed E-state index contributed by atoms with van der Waals surface area (Å²) in [5, 5.41) is 17.1. The van der Waals surface area contributed by atoms with Gasteiger partial charge < -0.3 is 20.6 Å². The van der Waals surface area contributed by atoms with Gasteiger partial charge in [-0.2, -0.15) is 0 Å². The maximum atomic E-state index is 13.3. The Kier molecular flexibility index (Phi) is 7.14. The number of carbonyl (C=O) groups is 1. The summed E-state index contributed by atoms with van der Waals surface area (Å²) in [7, 11) is 6.18. The second kappa shape index (κ2) is 9.86. The van der Waals surface area contributed by atoms with Crippen LogP contribution in [0.25, 0.3) is 0 Å².